The first kappa shape index (κ1) is 14.8. The average molecular weight is 297 g/mol. The molecule has 1 aromatic heterocycles. The number of carbonyl (C=O) groups is 1. The SMILES string of the molecule is Cc1c(C(=O)Nc2cccc3c2C(C)CC3(C)C)cnn1C. The Morgan fingerprint density at radius 2 is 2.14 bits per heavy atom. The Bertz CT molecular complexity index is 743. The number of nitrogens with one attached hydrogen (secondary N) is 1. The van der Waals surface area contributed by atoms with Crippen LogP contribution in [0.2, 0.25) is 0 Å². The molecule has 0 bridgehead atoms. The summed E-state index contributed by atoms with van der Waals surface area (Å²) in [6.45, 7) is 8.68. The largest absolute Gasteiger partial charge is 0.322 e. The molecule has 116 valence electrons. The van der Waals surface area contributed by atoms with Crippen LogP contribution in [0.3, 0.4) is 0 Å². The van der Waals surface area contributed by atoms with Crippen LogP contribution in [0.5, 0.6) is 0 Å². The molecule has 0 radical (unpaired) electrons. The second-order valence-corrected chi connectivity index (χ2v) is 6.98. The van der Waals surface area contributed by atoms with Gasteiger partial charge in [-0.1, -0.05) is 32.9 Å². The summed E-state index contributed by atoms with van der Waals surface area (Å²) in [5.74, 6) is 0.368. The molecule has 4 heteroatoms. The minimum absolute atomic E-state index is 0.0871. The molecule has 1 aromatic carbocycles. The van der Waals surface area contributed by atoms with Crippen molar-refractivity contribution in [1.29, 1.82) is 0 Å². The first-order chi connectivity index (χ1) is 10.3. The number of anilines is 1. The number of aromatic nitrogens is 2. The smallest absolute Gasteiger partial charge is 0.259 e. The molecule has 22 heavy (non-hydrogen) atoms. The van der Waals surface area contributed by atoms with Gasteiger partial charge >= 0.3 is 0 Å². The Morgan fingerprint density at radius 1 is 1.41 bits per heavy atom. The maximum absolute atomic E-state index is 12.6. The zero-order chi connectivity index (χ0) is 16.1. The Balaban J connectivity index is 1.96. The van der Waals surface area contributed by atoms with Gasteiger partial charge < -0.3 is 5.32 Å². The number of hydrogen-bond acceptors (Lipinski definition) is 2. The van der Waals surface area contributed by atoms with Crippen molar-refractivity contribution < 1.29 is 4.79 Å². The lowest BCUT2D eigenvalue weighted by Gasteiger charge is -2.19. The zero-order valence-electron chi connectivity index (χ0n) is 13.9. The van der Waals surface area contributed by atoms with Crippen molar-refractivity contribution in [1.82, 2.24) is 9.78 Å². The molecule has 0 saturated carbocycles. The van der Waals surface area contributed by atoms with E-state index in [4.69, 9.17) is 0 Å². The number of aryl methyl sites for hydroxylation is 1. The van der Waals surface area contributed by atoms with Gasteiger partial charge in [-0.25, -0.2) is 0 Å². The van der Waals surface area contributed by atoms with Crippen LogP contribution in [0.4, 0.5) is 5.69 Å². The maximum Gasteiger partial charge on any atom is 0.259 e. The molecule has 1 heterocycles. The molecule has 0 spiro atoms. The van der Waals surface area contributed by atoms with Crippen LogP contribution >= 0.6 is 0 Å². The van der Waals surface area contributed by atoms with E-state index in [0.717, 1.165) is 17.8 Å². The predicted octanol–water partition coefficient (Wildman–Crippen LogP) is 3.77. The van der Waals surface area contributed by atoms with E-state index in [1.54, 1.807) is 10.9 Å². The zero-order valence-corrected chi connectivity index (χ0v) is 13.9. The highest BCUT2D eigenvalue weighted by molar-refractivity contribution is 6.05. The van der Waals surface area contributed by atoms with Gasteiger partial charge in [0.15, 0.2) is 0 Å². The Kier molecular flexibility index (Phi) is 3.35. The van der Waals surface area contributed by atoms with E-state index >= 15 is 0 Å². The van der Waals surface area contributed by atoms with Crippen molar-refractivity contribution in [2.45, 2.75) is 45.4 Å². The van der Waals surface area contributed by atoms with E-state index < -0.39 is 0 Å². The minimum Gasteiger partial charge on any atom is -0.322 e. The Hall–Kier alpha value is -2.10. The van der Waals surface area contributed by atoms with Gasteiger partial charge in [-0.2, -0.15) is 5.10 Å². The highest BCUT2D eigenvalue weighted by Gasteiger charge is 2.36. The topological polar surface area (TPSA) is 46.9 Å². The van der Waals surface area contributed by atoms with Gasteiger partial charge in [-0.05, 0) is 41.9 Å². The molecule has 0 fully saturated rings. The molecule has 4 nitrogen and oxygen atoms in total. The van der Waals surface area contributed by atoms with Crippen LogP contribution in [0.15, 0.2) is 24.4 Å². The maximum atomic E-state index is 12.6. The van der Waals surface area contributed by atoms with Gasteiger partial charge in [0, 0.05) is 18.4 Å². The summed E-state index contributed by atoms with van der Waals surface area (Å²) in [6.07, 6.45) is 2.74. The van der Waals surface area contributed by atoms with E-state index in [-0.39, 0.29) is 11.3 Å². The van der Waals surface area contributed by atoms with Crippen molar-refractivity contribution in [2.24, 2.45) is 7.05 Å². The third-order valence-electron chi connectivity index (χ3n) is 4.87. The molecule has 1 N–H and O–H groups in total. The average Bonchev–Trinajstić information content (AvgIpc) is 2.89. The van der Waals surface area contributed by atoms with Gasteiger partial charge in [-0.3, -0.25) is 9.48 Å². The van der Waals surface area contributed by atoms with Crippen LogP contribution in [0.25, 0.3) is 0 Å². The van der Waals surface area contributed by atoms with Crippen LogP contribution in [0, 0.1) is 6.92 Å². The molecule has 1 aliphatic rings. The summed E-state index contributed by atoms with van der Waals surface area (Å²) < 4.78 is 1.72. The number of nitrogens with zero attached hydrogens (tertiary/aromatic N) is 2. The summed E-state index contributed by atoms with van der Waals surface area (Å²) in [6, 6.07) is 6.22. The van der Waals surface area contributed by atoms with Gasteiger partial charge in [0.05, 0.1) is 11.8 Å². The normalized spacial score (nSPS) is 19.0. The Morgan fingerprint density at radius 3 is 2.77 bits per heavy atom. The molecule has 1 aliphatic carbocycles. The van der Waals surface area contributed by atoms with E-state index in [9.17, 15) is 4.79 Å². The summed E-state index contributed by atoms with van der Waals surface area (Å²) in [4.78, 5) is 12.6. The number of carbonyl (C=O) groups excluding carboxylic acids is 1. The number of rotatable bonds is 2. The molecule has 2 aromatic rings. The number of benzene rings is 1. The standard InChI is InChI=1S/C18H23N3O/c1-11-9-18(3,4)14-7-6-8-15(16(11)14)20-17(22)13-10-19-21(5)12(13)2/h6-8,10-11H,9H2,1-5H3,(H,20,22). The van der Waals surface area contributed by atoms with Crippen molar-refractivity contribution in [3.05, 3.63) is 46.8 Å². The van der Waals surface area contributed by atoms with E-state index in [2.05, 4.69) is 37.3 Å². The van der Waals surface area contributed by atoms with E-state index in [1.165, 1.54) is 11.1 Å². The van der Waals surface area contributed by atoms with Crippen LogP contribution < -0.4 is 5.32 Å². The molecule has 0 saturated heterocycles. The Labute approximate surface area is 131 Å². The van der Waals surface area contributed by atoms with Crippen molar-refractivity contribution in [3.8, 4) is 0 Å². The van der Waals surface area contributed by atoms with Crippen LogP contribution in [-0.2, 0) is 12.5 Å². The van der Waals surface area contributed by atoms with Crippen LogP contribution in [0.1, 0.15) is 60.3 Å². The summed E-state index contributed by atoms with van der Waals surface area (Å²) >= 11 is 0. The van der Waals surface area contributed by atoms with Crippen molar-refractivity contribution >= 4 is 11.6 Å². The van der Waals surface area contributed by atoms with Crippen molar-refractivity contribution in [2.75, 3.05) is 5.32 Å². The molecule has 3 rings (SSSR count). The molecular weight excluding hydrogens is 274 g/mol. The summed E-state index contributed by atoms with van der Waals surface area (Å²) in [5.41, 5.74) is 5.23. The second-order valence-electron chi connectivity index (χ2n) is 6.98. The quantitative estimate of drug-likeness (QED) is 0.917. The van der Waals surface area contributed by atoms with Gasteiger partial charge in [0.1, 0.15) is 0 Å². The predicted molar refractivity (Wildman–Crippen MR) is 88.4 cm³/mol. The van der Waals surface area contributed by atoms with Gasteiger partial charge in [0.25, 0.3) is 5.91 Å². The monoisotopic (exact) mass is 297 g/mol. The molecule has 0 aliphatic heterocycles. The molecular formula is C18H23N3O. The van der Waals surface area contributed by atoms with Gasteiger partial charge in [-0.15, -0.1) is 0 Å². The third kappa shape index (κ3) is 2.23. The summed E-state index contributed by atoms with van der Waals surface area (Å²) in [5, 5.41) is 7.23. The number of amides is 1. The minimum atomic E-state index is -0.0871. The van der Waals surface area contributed by atoms with E-state index in [0.29, 0.717) is 11.5 Å². The van der Waals surface area contributed by atoms with Crippen LogP contribution in [-0.4, -0.2) is 15.7 Å². The number of hydrogen-bond donors (Lipinski definition) is 1. The fourth-order valence-electron chi connectivity index (χ4n) is 3.68. The van der Waals surface area contributed by atoms with E-state index in [1.807, 2.05) is 26.1 Å². The third-order valence-corrected chi connectivity index (χ3v) is 4.87. The fraction of sp³-hybridized carbons (Fsp3) is 0.444. The highest BCUT2D eigenvalue weighted by Crippen LogP contribution is 2.48. The lowest BCUT2D eigenvalue weighted by atomic mass is 9.86. The van der Waals surface area contributed by atoms with Crippen molar-refractivity contribution in [3.63, 3.8) is 0 Å². The van der Waals surface area contributed by atoms with Gasteiger partial charge in [0.2, 0.25) is 0 Å². The fourth-order valence-corrected chi connectivity index (χ4v) is 3.68. The summed E-state index contributed by atoms with van der Waals surface area (Å²) in [7, 11) is 1.84. The molecule has 1 atom stereocenters. The first-order valence-corrected chi connectivity index (χ1v) is 7.74. The lowest BCUT2D eigenvalue weighted by Crippen LogP contribution is -2.15. The molecule has 1 unspecified atom stereocenters. The number of fused-ring (bicyclic) bond motifs is 1. The highest BCUT2D eigenvalue weighted by atomic mass is 16.1. The first-order valence-electron chi connectivity index (χ1n) is 7.74. The second kappa shape index (κ2) is 4.97. The molecule has 1 amide bonds. The lowest BCUT2D eigenvalue weighted by molar-refractivity contribution is 0.102.